The molecule has 68 valence electrons. The van der Waals surface area contributed by atoms with Crippen LogP contribution in [0.25, 0.3) is 0 Å². The molecule has 0 saturated carbocycles. The molecule has 0 amide bonds. The summed E-state index contributed by atoms with van der Waals surface area (Å²) in [6, 6.07) is 4.09. The van der Waals surface area contributed by atoms with Gasteiger partial charge in [-0.1, -0.05) is 0 Å². The van der Waals surface area contributed by atoms with E-state index >= 15 is 0 Å². The Kier molecular flexibility index (Phi) is 3.17. The Balaban J connectivity index is 2.98. The number of halogens is 1. The first-order valence-corrected chi connectivity index (χ1v) is 3.78. The molecule has 0 aliphatic carbocycles. The standard InChI is InChI=1S/C9H8FNO2/c1-2-13-7-3-4-9(11-6-12)8(10)5-7/h3-5H,2H2,1H3. The summed E-state index contributed by atoms with van der Waals surface area (Å²) in [6.07, 6.45) is 1.27. The second-order valence-corrected chi connectivity index (χ2v) is 2.25. The first kappa shape index (κ1) is 9.42. The number of benzene rings is 1. The number of aliphatic imine (C=N–C) groups is 1. The molecule has 0 N–H and O–H groups in total. The van der Waals surface area contributed by atoms with Gasteiger partial charge < -0.3 is 4.74 Å². The third-order valence-corrected chi connectivity index (χ3v) is 1.40. The number of ether oxygens (including phenoxy) is 1. The Morgan fingerprint density at radius 1 is 1.62 bits per heavy atom. The summed E-state index contributed by atoms with van der Waals surface area (Å²) in [7, 11) is 0. The molecule has 0 aliphatic heterocycles. The fourth-order valence-electron chi connectivity index (χ4n) is 0.884. The highest BCUT2D eigenvalue weighted by Gasteiger charge is 2.02. The molecule has 0 saturated heterocycles. The van der Waals surface area contributed by atoms with Crippen LogP contribution < -0.4 is 4.74 Å². The average molecular weight is 181 g/mol. The van der Waals surface area contributed by atoms with Gasteiger partial charge in [-0.25, -0.2) is 9.18 Å². The van der Waals surface area contributed by atoms with Crippen LogP contribution in [0.1, 0.15) is 6.92 Å². The number of nitrogens with zero attached hydrogens (tertiary/aromatic N) is 1. The van der Waals surface area contributed by atoms with Gasteiger partial charge in [-0.15, -0.1) is 0 Å². The molecule has 0 heterocycles. The van der Waals surface area contributed by atoms with E-state index in [2.05, 4.69) is 4.99 Å². The maximum atomic E-state index is 13.0. The minimum atomic E-state index is -0.589. The quantitative estimate of drug-likeness (QED) is 0.529. The smallest absolute Gasteiger partial charge is 0.240 e. The van der Waals surface area contributed by atoms with E-state index in [1.54, 1.807) is 13.0 Å². The first-order valence-electron chi connectivity index (χ1n) is 3.78. The maximum Gasteiger partial charge on any atom is 0.240 e. The van der Waals surface area contributed by atoms with Crippen LogP contribution in [0.5, 0.6) is 5.75 Å². The SMILES string of the molecule is CCOc1ccc(N=C=O)c(F)c1. The summed E-state index contributed by atoms with van der Waals surface area (Å²) in [4.78, 5) is 13.0. The Labute approximate surface area is 74.9 Å². The van der Waals surface area contributed by atoms with Gasteiger partial charge in [-0.3, -0.25) is 0 Å². The molecular formula is C9H8FNO2. The van der Waals surface area contributed by atoms with Crippen LogP contribution in [0.2, 0.25) is 0 Å². The van der Waals surface area contributed by atoms with Crippen molar-refractivity contribution in [1.82, 2.24) is 0 Å². The van der Waals surface area contributed by atoms with E-state index in [-0.39, 0.29) is 5.69 Å². The fourth-order valence-corrected chi connectivity index (χ4v) is 0.884. The van der Waals surface area contributed by atoms with Gasteiger partial charge >= 0.3 is 0 Å². The molecule has 0 radical (unpaired) electrons. The predicted molar refractivity (Wildman–Crippen MR) is 45.4 cm³/mol. The third kappa shape index (κ3) is 2.39. The lowest BCUT2D eigenvalue weighted by molar-refractivity contribution is 0.338. The van der Waals surface area contributed by atoms with Crippen molar-refractivity contribution in [2.24, 2.45) is 4.99 Å². The fraction of sp³-hybridized carbons (Fsp3) is 0.222. The van der Waals surface area contributed by atoms with Crippen molar-refractivity contribution >= 4 is 11.8 Å². The molecule has 0 bridgehead atoms. The third-order valence-electron chi connectivity index (χ3n) is 1.40. The van der Waals surface area contributed by atoms with Crippen LogP contribution in [0.3, 0.4) is 0 Å². The average Bonchev–Trinajstić information content (AvgIpc) is 2.10. The summed E-state index contributed by atoms with van der Waals surface area (Å²) >= 11 is 0. The van der Waals surface area contributed by atoms with E-state index in [0.29, 0.717) is 12.4 Å². The predicted octanol–water partition coefficient (Wildman–Crippen LogP) is 2.19. The molecule has 1 aromatic rings. The van der Waals surface area contributed by atoms with Gasteiger partial charge in [0.1, 0.15) is 11.4 Å². The van der Waals surface area contributed by atoms with Crippen LogP contribution >= 0.6 is 0 Å². The summed E-state index contributed by atoms with van der Waals surface area (Å²) in [6.45, 7) is 2.27. The monoisotopic (exact) mass is 181 g/mol. The van der Waals surface area contributed by atoms with Crippen LogP contribution in [0.4, 0.5) is 10.1 Å². The Bertz CT molecular complexity index is 345. The Hall–Kier alpha value is -1.67. The molecule has 0 unspecified atom stereocenters. The van der Waals surface area contributed by atoms with Gasteiger partial charge in [0.15, 0.2) is 5.82 Å². The van der Waals surface area contributed by atoms with Crippen molar-refractivity contribution in [2.45, 2.75) is 6.92 Å². The maximum absolute atomic E-state index is 13.0. The van der Waals surface area contributed by atoms with Gasteiger partial charge in [0.2, 0.25) is 6.08 Å². The minimum absolute atomic E-state index is 0.0292. The molecule has 0 atom stereocenters. The Morgan fingerprint density at radius 2 is 2.38 bits per heavy atom. The number of hydrogen-bond acceptors (Lipinski definition) is 3. The molecule has 0 spiro atoms. The zero-order chi connectivity index (χ0) is 9.68. The summed E-state index contributed by atoms with van der Waals surface area (Å²) in [5.74, 6) is -0.167. The molecule has 4 heteroatoms. The molecule has 1 aromatic carbocycles. The van der Waals surface area contributed by atoms with E-state index in [1.807, 2.05) is 0 Å². The molecule has 13 heavy (non-hydrogen) atoms. The lowest BCUT2D eigenvalue weighted by atomic mass is 10.3. The zero-order valence-corrected chi connectivity index (χ0v) is 7.08. The minimum Gasteiger partial charge on any atom is -0.494 e. The lowest BCUT2D eigenvalue weighted by Crippen LogP contribution is -1.91. The van der Waals surface area contributed by atoms with Crippen LogP contribution in [0, 0.1) is 5.82 Å². The van der Waals surface area contributed by atoms with Crippen molar-refractivity contribution in [3.05, 3.63) is 24.0 Å². The lowest BCUT2D eigenvalue weighted by Gasteiger charge is -2.02. The van der Waals surface area contributed by atoms with E-state index in [9.17, 15) is 9.18 Å². The van der Waals surface area contributed by atoms with Crippen LogP contribution in [0.15, 0.2) is 23.2 Å². The van der Waals surface area contributed by atoms with Crippen molar-refractivity contribution in [3.8, 4) is 5.75 Å². The van der Waals surface area contributed by atoms with E-state index in [1.165, 1.54) is 18.2 Å². The van der Waals surface area contributed by atoms with E-state index in [4.69, 9.17) is 4.74 Å². The van der Waals surface area contributed by atoms with Gasteiger partial charge in [0, 0.05) is 6.07 Å². The summed E-state index contributed by atoms with van der Waals surface area (Å²) in [5, 5.41) is 0. The molecule has 0 aliphatic rings. The molecule has 0 aromatic heterocycles. The second-order valence-electron chi connectivity index (χ2n) is 2.25. The number of carbonyl (C=O) groups excluding carboxylic acids is 1. The topological polar surface area (TPSA) is 38.7 Å². The largest absolute Gasteiger partial charge is 0.494 e. The highest BCUT2D eigenvalue weighted by atomic mass is 19.1. The van der Waals surface area contributed by atoms with Crippen molar-refractivity contribution in [2.75, 3.05) is 6.61 Å². The number of hydrogen-bond donors (Lipinski definition) is 0. The highest BCUT2D eigenvalue weighted by molar-refractivity contribution is 5.51. The number of isocyanates is 1. The normalized spacial score (nSPS) is 9.08. The molecular weight excluding hydrogens is 173 g/mol. The van der Waals surface area contributed by atoms with Crippen molar-refractivity contribution < 1.29 is 13.9 Å². The van der Waals surface area contributed by atoms with Gasteiger partial charge in [-0.05, 0) is 19.1 Å². The first-order chi connectivity index (χ1) is 6.27. The Morgan fingerprint density at radius 3 is 2.92 bits per heavy atom. The van der Waals surface area contributed by atoms with Crippen LogP contribution in [-0.2, 0) is 4.79 Å². The molecule has 1 rings (SSSR count). The summed E-state index contributed by atoms with van der Waals surface area (Å²) in [5.41, 5.74) is -0.0292. The van der Waals surface area contributed by atoms with Gasteiger partial charge in [0.25, 0.3) is 0 Å². The van der Waals surface area contributed by atoms with E-state index in [0.717, 1.165) is 0 Å². The van der Waals surface area contributed by atoms with Gasteiger partial charge in [0.05, 0.1) is 6.61 Å². The van der Waals surface area contributed by atoms with E-state index < -0.39 is 5.82 Å². The zero-order valence-electron chi connectivity index (χ0n) is 7.08. The van der Waals surface area contributed by atoms with Crippen molar-refractivity contribution in [3.63, 3.8) is 0 Å². The van der Waals surface area contributed by atoms with Crippen LogP contribution in [-0.4, -0.2) is 12.7 Å². The van der Waals surface area contributed by atoms with Gasteiger partial charge in [-0.2, -0.15) is 4.99 Å². The summed E-state index contributed by atoms with van der Waals surface area (Å²) < 4.78 is 18.0. The van der Waals surface area contributed by atoms with Crippen molar-refractivity contribution in [1.29, 1.82) is 0 Å². The second kappa shape index (κ2) is 4.38. The molecule has 0 fully saturated rings. The molecule has 3 nitrogen and oxygen atoms in total. The highest BCUT2D eigenvalue weighted by Crippen LogP contribution is 2.22. The number of rotatable bonds is 3.